The SMILES string of the molecule is COCCN(Cc1ccccc1)C(=O)Cn1cnc2sc(-c3ccccc3)cc2c1=O. The van der Waals surface area contributed by atoms with Crippen molar-refractivity contribution in [2.45, 2.75) is 13.1 Å². The van der Waals surface area contributed by atoms with Gasteiger partial charge in [-0.1, -0.05) is 60.7 Å². The second-order valence-corrected chi connectivity index (χ2v) is 8.20. The van der Waals surface area contributed by atoms with E-state index in [1.54, 1.807) is 12.0 Å². The van der Waals surface area contributed by atoms with E-state index in [2.05, 4.69) is 4.98 Å². The Hall–Kier alpha value is -3.29. The number of carbonyl (C=O) groups is 1. The van der Waals surface area contributed by atoms with Crippen molar-refractivity contribution in [3.63, 3.8) is 0 Å². The van der Waals surface area contributed by atoms with E-state index in [-0.39, 0.29) is 18.0 Å². The van der Waals surface area contributed by atoms with E-state index in [0.29, 0.717) is 29.9 Å². The van der Waals surface area contributed by atoms with Gasteiger partial charge >= 0.3 is 0 Å². The van der Waals surface area contributed by atoms with Crippen LogP contribution in [0.2, 0.25) is 0 Å². The molecule has 31 heavy (non-hydrogen) atoms. The first-order valence-corrected chi connectivity index (χ1v) is 10.8. The Labute approximate surface area is 184 Å². The first-order chi connectivity index (χ1) is 15.2. The Kier molecular flexibility index (Phi) is 6.54. The molecule has 0 aliphatic carbocycles. The molecule has 4 aromatic rings. The van der Waals surface area contributed by atoms with Crippen molar-refractivity contribution in [3.8, 4) is 10.4 Å². The summed E-state index contributed by atoms with van der Waals surface area (Å²) in [5.74, 6) is -0.150. The van der Waals surface area contributed by atoms with E-state index in [0.717, 1.165) is 16.0 Å². The number of thiophene rings is 1. The van der Waals surface area contributed by atoms with Crippen LogP contribution < -0.4 is 5.56 Å². The van der Waals surface area contributed by atoms with Crippen LogP contribution in [0, 0.1) is 0 Å². The van der Waals surface area contributed by atoms with E-state index >= 15 is 0 Å². The normalized spacial score (nSPS) is 11.0. The molecular weight excluding hydrogens is 410 g/mol. The highest BCUT2D eigenvalue weighted by atomic mass is 32.1. The fraction of sp³-hybridized carbons (Fsp3) is 0.208. The van der Waals surface area contributed by atoms with Gasteiger partial charge in [0.1, 0.15) is 11.4 Å². The van der Waals surface area contributed by atoms with E-state index in [1.165, 1.54) is 22.2 Å². The first-order valence-electron chi connectivity index (χ1n) is 10.0. The largest absolute Gasteiger partial charge is 0.383 e. The molecule has 0 aliphatic heterocycles. The molecule has 0 bridgehead atoms. The number of fused-ring (bicyclic) bond motifs is 1. The van der Waals surface area contributed by atoms with E-state index < -0.39 is 0 Å². The van der Waals surface area contributed by atoms with Gasteiger partial charge in [-0.15, -0.1) is 11.3 Å². The summed E-state index contributed by atoms with van der Waals surface area (Å²) in [7, 11) is 1.61. The number of carbonyl (C=O) groups excluding carboxylic acids is 1. The number of rotatable bonds is 8. The van der Waals surface area contributed by atoms with Gasteiger partial charge in [-0.25, -0.2) is 4.98 Å². The maximum Gasteiger partial charge on any atom is 0.262 e. The molecular formula is C24H23N3O3S. The third-order valence-electron chi connectivity index (χ3n) is 5.02. The number of ether oxygens (including phenoxy) is 1. The van der Waals surface area contributed by atoms with Gasteiger partial charge in [-0.2, -0.15) is 0 Å². The zero-order valence-electron chi connectivity index (χ0n) is 17.2. The van der Waals surface area contributed by atoms with Gasteiger partial charge < -0.3 is 9.64 Å². The number of amides is 1. The molecule has 0 unspecified atom stereocenters. The van der Waals surface area contributed by atoms with Crippen molar-refractivity contribution >= 4 is 27.5 Å². The molecule has 0 fully saturated rings. The lowest BCUT2D eigenvalue weighted by molar-refractivity contribution is -0.133. The van der Waals surface area contributed by atoms with Gasteiger partial charge in [0.15, 0.2) is 0 Å². The fourth-order valence-corrected chi connectivity index (χ4v) is 4.36. The predicted molar refractivity (Wildman–Crippen MR) is 123 cm³/mol. The molecule has 0 saturated carbocycles. The van der Waals surface area contributed by atoms with Gasteiger partial charge in [0.25, 0.3) is 5.56 Å². The number of benzene rings is 2. The Morgan fingerprint density at radius 3 is 2.52 bits per heavy atom. The van der Waals surface area contributed by atoms with E-state index in [9.17, 15) is 9.59 Å². The minimum atomic E-state index is -0.205. The van der Waals surface area contributed by atoms with Crippen molar-refractivity contribution < 1.29 is 9.53 Å². The maximum atomic E-state index is 13.0. The van der Waals surface area contributed by atoms with Crippen molar-refractivity contribution in [2.75, 3.05) is 20.3 Å². The zero-order chi connectivity index (χ0) is 21.6. The van der Waals surface area contributed by atoms with Gasteiger partial charge in [0, 0.05) is 25.1 Å². The second-order valence-electron chi connectivity index (χ2n) is 7.17. The molecule has 0 radical (unpaired) electrons. The summed E-state index contributed by atoms with van der Waals surface area (Å²) in [6.45, 7) is 1.28. The molecule has 2 aromatic carbocycles. The molecule has 2 heterocycles. The molecule has 1 amide bonds. The van der Waals surface area contributed by atoms with Gasteiger partial charge in [0.05, 0.1) is 18.3 Å². The summed E-state index contributed by atoms with van der Waals surface area (Å²) >= 11 is 1.47. The van der Waals surface area contributed by atoms with Gasteiger partial charge in [-0.05, 0) is 17.2 Å². The standard InChI is InChI=1S/C24H23N3O3S/c1-30-13-12-26(15-18-8-4-2-5-9-18)22(28)16-27-17-25-23-20(24(27)29)14-21(31-23)19-10-6-3-7-11-19/h2-11,14,17H,12-13,15-16H2,1H3. The summed E-state index contributed by atoms with van der Waals surface area (Å²) in [4.78, 5) is 33.9. The Morgan fingerprint density at radius 1 is 1.10 bits per heavy atom. The molecule has 6 nitrogen and oxygen atoms in total. The molecule has 0 spiro atoms. The third-order valence-corrected chi connectivity index (χ3v) is 6.11. The van der Waals surface area contributed by atoms with Crippen LogP contribution in [0.5, 0.6) is 0 Å². The summed E-state index contributed by atoms with van der Waals surface area (Å²) in [5.41, 5.74) is 1.86. The molecule has 2 aromatic heterocycles. The Morgan fingerprint density at radius 2 is 1.81 bits per heavy atom. The summed E-state index contributed by atoms with van der Waals surface area (Å²) < 4.78 is 6.55. The molecule has 0 atom stereocenters. The zero-order valence-corrected chi connectivity index (χ0v) is 18.0. The molecule has 0 aliphatic rings. The predicted octanol–water partition coefficient (Wildman–Crippen LogP) is 3.80. The maximum absolute atomic E-state index is 13.0. The van der Waals surface area contributed by atoms with Crippen molar-refractivity contribution in [1.29, 1.82) is 0 Å². The van der Waals surface area contributed by atoms with Crippen molar-refractivity contribution in [2.24, 2.45) is 0 Å². The summed E-state index contributed by atoms with van der Waals surface area (Å²) in [5, 5.41) is 0.533. The highest BCUT2D eigenvalue weighted by molar-refractivity contribution is 7.21. The lowest BCUT2D eigenvalue weighted by Gasteiger charge is -2.23. The molecule has 0 N–H and O–H groups in total. The Bertz CT molecular complexity index is 1220. The van der Waals surface area contributed by atoms with Gasteiger partial charge in [0.2, 0.25) is 5.91 Å². The third kappa shape index (κ3) is 4.90. The number of hydrogen-bond donors (Lipinski definition) is 0. The van der Waals surface area contributed by atoms with E-state index in [4.69, 9.17) is 4.74 Å². The van der Waals surface area contributed by atoms with Crippen LogP contribution >= 0.6 is 11.3 Å². The fourth-order valence-electron chi connectivity index (χ4n) is 3.36. The lowest BCUT2D eigenvalue weighted by atomic mass is 10.2. The highest BCUT2D eigenvalue weighted by Gasteiger charge is 2.17. The van der Waals surface area contributed by atoms with Gasteiger partial charge in [-0.3, -0.25) is 14.2 Å². The summed E-state index contributed by atoms with van der Waals surface area (Å²) in [6.07, 6.45) is 1.46. The van der Waals surface area contributed by atoms with Crippen molar-refractivity contribution in [3.05, 3.63) is 89.0 Å². The minimum Gasteiger partial charge on any atom is -0.383 e. The smallest absolute Gasteiger partial charge is 0.262 e. The average molecular weight is 434 g/mol. The molecule has 158 valence electrons. The number of aromatic nitrogens is 2. The molecule has 4 rings (SSSR count). The number of methoxy groups -OCH3 is 1. The van der Waals surface area contributed by atoms with Crippen LogP contribution in [-0.4, -0.2) is 40.6 Å². The lowest BCUT2D eigenvalue weighted by Crippen LogP contribution is -2.38. The van der Waals surface area contributed by atoms with Crippen LogP contribution in [0.4, 0.5) is 0 Å². The summed E-state index contributed by atoms with van der Waals surface area (Å²) in [6, 6.07) is 21.5. The number of hydrogen-bond acceptors (Lipinski definition) is 5. The molecule has 7 heteroatoms. The number of nitrogens with zero attached hydrogens (tertiary/aromatic N) is 3. The van der Waals surface area contributed by atoms with Crippen LogP contribution in [0.1, 0.15) is 5.56 Å². The van der Waals surface area contributed by atoms with E-state index in [1.807, 2.05) is 66.7 Å². The topological polar surface area (TPSA) is 64.4 Å². The quantitative estimate of drug-likeness (QED) is 0.424. The molecule has 0 saturated heterocycles. The first kappa shape index (κ1) is 21.0. The monoisotopic (exact) mass is 433 g/mol. The van der Waals surface area contributed by atoms with Crippen LogP contribution in [0.25, 0.3) is 20.7 Å². The van der Waals surface area contributed by atoms with Crippen molar-refractivity contribution in [1.82, 2.24) is 14.5 Å². The minimum absolute atomic E-state index is 0.0607. The second kappa shape index (κ2) is 9.68. The Balaban J connectivity index is 1.57. The van der Waals surface area contributed by atoms with Crippen LogP contribution in [-0.2, 0) is 22.6 Å². The van der Waals surface area contributed by atoms with Crippen LogP contribution in [0.15, 0.2) is 77.9 Å². The highest BCUT2D eigenvalue weighted by Crippen LogP contribution is 2.30. The average Bonchev–Trinajstić information content (AvgIpc) is 3.25. The van der Waals surface area contributed by atoms with Crippen LogP contribution in [0.3, 0.4) is 0 Å².